The third-order valence-electron chi connectivity index (χ3n) is 2.38. The maximum absolute atomic E-state index is 13.0. The van der Waals surface area contributed by atoms with Gasteiger partial charge < -0.3 is 5.11 Å². The van der Waals surface area contributed by atoms with Gasteiger partial charge in [-0.1, -0.05) is 0 Å². The molecule has 0 saturated carbocycles. The summed E-state index contributed by atoms with van der Waals surface area (Å²) < 4.78 is 37.8. The highest BCUT2D eigenvalue weighted by Crippen LogP contribution is 2.21. The third-order valence-corrected chi connectivity index (χ3v) is 4.68. The van der Waals surface area contributed by atoms with Gasteiger partial charge in [-0.15, -0.1) is 11.3 Å². The average Bonchev–Trinajstić information content (AvgIpc) is 2.80. The van der Waals surface area contributed by atoms with Gasteiger partial charge in [-0.25, -0.2) is 13.6 Å². The van der Waals surface area contributed by atoms with E-state index < -0.39 is 28.4 Å². The molecular weight excluding hydrogens is 294 g/mol. The molecule has 1 atom stereocenters. The summed E-state index contributed by atoms with van der Waals surface area (Å²) in [6, 6.07) is 4.54. The van der Waals surface area contributed by atoms with Crippen molar-refractivity contribution in [3.8, 4) is 0 Å². The largest absolute Gasteiger partial charge is 0.477 e. The van der Waals surface area contributed by atoms with Crippen LogP contribution in [0.4, 0.5) is 8.78 Å². The second-order valence-corrected chi connectivity index (χ2v) is 6.01. The molecule has 0 fully saturated rings. The molecule has 100 valence electrons. The lowest BCUT2D eigenvalue weighted by atomic mass is 10.3. The molecule has 1 N–H and O–H groups in total. The summed E-state index contributed by atoms with van der Waals surface area (Å²) in [5.41, 5.74) is 0.417. The number of carboxylic acids is 1. The fraction of sp³-hybridized carbons (Fsp3) is 0.0833. The molecule has 3 nitrogen and oxygen atoms in total. The van der Waals surface area contributed by atoms with Crippen molar-refractivity contribution >= 4 is 28.1 Å². The Morgan fingerprint density at radius 3 is 2.63 bits per heavy atom. The average molecular weight is 302 g/mol. The number of hydrogen-bond donors (Lipinski definition) is 1. The molecule has 0 spiro atoms. The van der Waals surface area contributed by atoms with Gasteiger partial charge >= 0.3 is 5.97 Å². The number of carboxylic acid groups (broad SMARTS) is 1. The van der Waals surface area contributed by atoms with Crippen LogP contribution in [0.25, 0.3) is 0 Å². The Kier molecular flexibility index (Phi) is 4.06. The first kappa shape index (κ1) is 13.8. The normalized spacial score (nSPS) is 12.3. The van der Waals surface area contributed by atoms with E-state index in [-0.39, 0.29) is 15.5 Å². The fourth-order valence-electron chi connectivity index (χ4n) is 1.48. The summed E-state index contributed by atoms with van der Waals surface area (Å²) in [6.07, 6.45) is 0. The minimum Gasteiger partial charge on any atom is -0.477 e. The molecule has 0 saturated heterocycles. The van der Waals surface area contributed by atoms with Gasteiger partial charge in [0.25, 0.3) is 0 Å². The van der Waals surface area contributed by atoms with Gasteiger partial charge in [0.2, 0.25) is 0 Å². The quantitative estimate of drug-likeness (QED) is 0.944. The molecule has 0 aliphatic heterocycles. The van der Waals surface area contributed by atoms with Crippen molar-refractivity contribution < 1.29 is 22.9 Å². The molecule has 1 unspecified atom stereocenters. The minimum atomic E-state index is -1.62. The topological polar surface area (TPSA) is 54.4 Å². The van der Waals surface area contributed by atoms with Gasteiger partial charge in [0.1, 0.15) is 4.88 Å². The summed E-state index contributed by atoms with van der Waals surface area (Å²) in [7, 11) is -1.62. The van der Waals surface area contributed by atoms with Crippen LogP contribution in [0.3, 0.4) is 0 Å². The number of carbonyl (C=O) groups is 1. The molecule has 1 heterocycles. The van der Waals surface area contributed by atoms with Crippen molar-refractivity contribution in [2.45, 2.75) is 10.6 Å². The SMILES string of the molecule is O=C(O)c1sccc1CS(=O)c1ccc(F)c(F)c1. The monoisotopic (exact) mass is 302 g/mol. The standard InChI is InChI=1S/C12H8F2O3S2/c13-9-2-1-8(5-10(9)14)19(17)6-7-3-4-18-11(7)12(15)16/h1-5H,6H2,(H,15,16). The van der Waals surface area contributed by atoms with Crippen LogP contribution in [-0.2, 0) is 16.6 Å². The molecule has 0 aliphatic rings. The zero-order valence-corrected chi connectivity index (χ0v) is 11.1. The number of hydrogen-bond acceptors (Lipinski definition) is 3. The van der Waals surface area contributed by atoms with Crippen molar-refractivity contribution in [1.82, 2.24) is 0 Å². The van der Waals surface area contributed by atoms with Crippen LogP contribution in [0.2, 0.25) is 0 Å². The molecule has 2 aromatic rings. The van der Waals surface area contributed by atoms with Gasteiger partial charge in [0, 0.05) is 4.90 Å². The van der Waals surface area contributed by atoms with E-state index in [0.717, 1.165) is 23.5 Å². The molecule has 7 heteroatoms. The van der Waals surface area contributed by atoms with Crippen LogP contribution in [0.1, 0.15) is 15.2 Å². The first-order chi connectivity index (χ1) is 8.99. The predicted octanol–water partition coefficient (Wildman–Crippen LogP) is 3.03. The van der Waals surface area contributed by atoms with E-state index in [2.05, 4.69) is 0 Å². The third kappa shape index (κ3) is 3.05. The summed E-state index contributed by atoms with van der Waals surface area (Å²) >= 11 is 1.03. The van der Waals surface area contributed by atoms with Crippen LogP contribution < -0.4 is 0 Å². The van der Waals surface area contributed by atoms with E-state index in [9.17, 15) is 17.8 Å². The summed E-state index contributed by atoms with van der Waals surface area (Å²) in [5, 5.41) is 10.5. The Morgan fingerprint density at radius 1 is 1.26 bits per heavy atom. The molecule has 0 aliphatic carbocycles. The molecule has 19 heavy (non-hydrogen) atoms. The number of benzene rings is 1. The van der Waals surface area contributed by atoms with Crippen LogP contribution in [0.15, 0.2) is 34.5 Å². The van der Waals surface area contributed by atoms with Gasteiger partial charge in [0.15, 0.2) is 11.6 Å². The van der Waals surface area contributed by atoms with Gasteiger partial charge in [-0.2, -0.15) is 0 Å². The second kappa shape index (κ2) is 5.58. The maximum atomic E-state index is 13.0. The zero-order valence-electron chi connectivity index (χ0n) is 9.43. The van der Waals surface area contributed by atoms with Crippen molar-refractivity contribution in [3.05, 3.63) is 51.7 Å². The first-order valence-electron chi connectivity index (χ1n) is 5.12. The number of aromatic carboxylic acids is 1. The Balaban J connectivity index is 2.23. The second-order valence-electron chi connectivity index (χ2n) is 3.65. The lowest BCUT2D eigenvalue weighted by Gasteiger charge is -2.03. The summed E-state index contributed by atoms with van der Waals surface area (Å²) in [6.45, 7) is 0. The predicted molar refractivity (Wildman–Crippen MR) is 67.7 cm³/mol. The summed E-state index contributed by atoms with van der Waals surface area (Å²) in [5.74, 6) is -3.22. The van der Waals surface area contributed by atoms with Crippen molar-refractivity contribution in [3.63, 3.8) is 0 Å². The Morgan fingerprint density at radius 2 is 2.00 bits per heavy atom. The number of thiophene rings is 1. The number of rotatable bonds is 4. The van der Waals surface area contributed by atoms with E-state index in [1.165, 1.54) is 6.07 Å². The minimum absolute atomic E-state index is 0.0454. The smallest absolute Gasteiger partial charge is 0.346 e. The van der Waals surface area contributed by atoms with E-state index in [1.54, 1.807) is 11.4 Å². The Hall–Kier alpha value is -1.60. The van der Waals surface area contributed by atoms with Gasteiger partial charge in [0.05, 0.1) is 16.6 Å². The lowest BCUT2D eigenvalue weighted by molar-refractivity contribution is 0.0701. The molecule has 2 rings (SSSR count). The maximum Gasteiger partial charge on any atom is 0.346 e. The van der Waals surface area contributed by atoms with E-state index in [0.29, 0.717) is 5.56 Å². The highest BCUT2D eigenvalue weighted by molar-refractivity contribution is 7.84. The van der Waals surface area contributed by atoms with Crippen molar-refractivity contribution in [2.24, 2.45) is 0 Å². The van der Waals surface area contributed by atoms with Gasteiger partial charge in [-0.3, -0.25) is 4.21 Å². The zero-order chi connectivity index (χ0) is 14.0. The molecule has 1 aromatic carbocycles. The highest BCUT2D eigenvalue weighted by Gasteiger charge is 2.15. The van der Waals surface area contributed by atoms with E-state index in [1.807, 2.05) is 0 Å². The fourth-order valence-corrected chi connectivity index (χ4v) is 3.48. The summed E-state index contributed by atoms with van der Waals surface area (Å²) in [4.78, 5) is 11.1. The van der Waals surface area contributed by atoms with E-state index in [4.69, 9.17) is 5.11 Å². The van der Waals surface area contributed by atoms with E-state index >= 15 is 0 Å². The van der Waals surface area contributed by atoms with Crippen molar-refractivity contribution in [1.29, 1.82) is 0 Å². The first-order valence-corrected chi connectivity index (χ1v) is 7.32. The van der Waals surface area contributed by atoms with Crippen LogP contribution in [0, 0.1) is 11.6 Å². The molecule has 0 amide bonds. The van der Waals surface area contributed by atoms with Crippen LogP contribution in [-0.4, -0.2) is 15.3 Å². The van der Waals surface area contributed by atoms with Crippen molar-refractivity contribution in [2.75, 3.05) is 0 Å². The van der Waals surface area contributed by atoms with Crippen LogP contribution >= 0.6 is 11.3 Å². The molecule has 0 radical (unpaired) electrons. The lowest BCUT2D eigenvalue weighted by Crippen LogP contribution is -2.02. The molecular formula is C12H8F2O3S2. The number of halogens is 2. The van der Waals surface area contributed by atoms with Gasteiger partial charge in [-0.05, 0) is 35.2 Å². The molecule has 0 bridgehead atoms. The van der Waals surface area contributed by atoms with Crippen LogP contribution in [0.5, 0.6) is 0 Å². The Bertz CT molecular complexity index is 652. The Labute approximate surface area is 114 Å². The highest BCUT2D eigenvalue weighted by atomic mass is 32.2. The molecule has 1 aromatic heterocycles.